The Morgan fingerprint density at radius 3 is 2.93 bits per heavy atom. The molecule has 6 nitrogen and oxygen atoms in total. The highest BCUT2D eigenvalue weighted by Gasteiger charge is 2.30. The van der Waals surface area contributed by atoms with Gasteiger partial charge < -0.3 is 13.9 Å². The van der Waals surface area contributed by atoms with Crippen molar-refractivity contribution in [2.75, 3.05) is 13.3 Å². The number of aromatic nitrogens is 2. The summed E-state index contributed by atoms with van der Waals surface area (Å²) in [5.74, 6) is 2.71. The fourth-order valence-corrected chi connectivity index (χ4v) is 4.47. The van der Waals surface area contributed by atoms with Crippen LogP contribution in [0.1, 0.15) is 36.8 Å². The monoisotopic (exact) mass is 403 g/mol. The number of hydrogen-bond acceptors (Lipinski definition) is 7. The van der Waals surface area contributed by atoms with Crippen LogP contribution in [0.4, 0.5) is 0 Å². The van der Waals surface area contributed by atoms with Gasteiger partial charge in [0.15, 0.2) is 11.5 Å². The van der Waals surface area contributed by atoms with Crippen molar-refractivity contribution < 1.29 is 13.9 Å². The van der Waals surface area contributed by atoms with Gasteiger partial charge in [0, 0.05) is 28.6 Å². The average molecular weight is 404 g/mol. The van der Waals surface area contributed by atoms with Gasteiger partial charge in [-0.3, -0.25) is 4.90 Å². The maximum atomic E-state index is 6.48. The number of ether oxygens (including phenoxy) is 2. The Morgan fingerprint density at radius 1 is 1.19 bits per heavy atom. The van der Waals surface area contributed by atoms with Crippen molar-refractivity contribution in [3.63, 3.8) is 0 Å². The zero-order valence-electron chi connectivity index (χ0n) is 14.6. The highest BCUT2D eigenvalue weighted by Crippen LogP contribution is 2.39. The third-order valence-electron chi connectivity index (χ3n) is 5.02. The molecule has 0 saturated carbocycles. The Kier molecular flexibility index (Phi) is 4.51. The van der Waals surface area contributed by atoms with Crippen LogP contribution in [0, 0.1) is 0 Å². The van der Waals surface area contributed by atoms with E-state index in [2.05, 4.69) is 15.1 Å². The van der Waals surface area contributed by atoms with Crippen LogP contribution < -0.4 is 9.47 Å². The highest BCUT2D eigenvalue weighted by molar-refractivity contribution is 7.08. The molecule has 5 rings (SSSR count). The summed E-state index contributed by atoms with van der Waals surface area (Å²) in [6, 6.07) is 5.90. The van der Waals surface area contributed by atoms with Gasteiger partial charge >= 0.3 is 0 Å². The number of benzene rings is 1. The summed E-state index contributed by atoms with van der Waals surface area (Å²) in [6.45, 7) is 1.91. The second kappa shape index (κ2) is 7.14. The summed E-state index contributed by atoms with van der Waals surface area (Å²) in [6.07, 6.45) is 3.28. The Labute approximate surface area is 165 Å². The van der Waals surface area contributed by atoms with Gasteiger partial charge in [-0.05, 0) is 42.5 Å². The average Bonchev–Trinajstić information content (AvgIpc) is 3.43. The molecule has 0 spiro atoms. The van der Waals surface area contributed by atoms with Crippen molar-refractivity contribution in [1.29, 1.82) is 0 Å². The lowest BCUT2D eigenvalue weighted by Crippen LogP contribution is -2.33. The minimum atomic E-state index is 0.0973. The molecule has 27 heavy (non-hydrogen) atoms. The van der Waals surface area contributed by atoms with Crippen molar-refractivity contribution in [1.82, 2.24) is 15.1 Å². The van der Waals surface area contributed by atoms with Crippen molar-refractivity contribution in [2.24, 2.45) is 0 Å². The number of halogens is 1. The van der Waals surface area contributed by atoms with Crippen LogP contribution in [-0.2, 0) is 6.54 Å². The van der Waals surface area contributed by atoms with E-state index in [0.717, 1.165) is 42.7 Å². The lowest BCUT2D eigenvalue weighted by molar-refractivity contribution is 0.118. The number of piperidine rings is 1. The third kappa shape index (κ3) is 3.31. The van der Waals surface area contributed by atoms with Gasteiger partial charge in [0.25, 0.3) is 0 Å². The highest BCUT2D eigenvalue weighted by atomic mass is 35.5. The van der Waals surface area contributed by atoms with Crippen LogP contribution in [0.3, 0.4) is 0 Å². The smallest absolute Gasteiger partial charge is 0.248 e. The molecule has 1 aromatic carbocycles. The SMILES string of the molecule is Clc1cc2c(cc1CN1CCCC[C@H]1c1nnc(-c3ccsc3)o1)OCO2. The Bertz CT molecular complexity index is 944. The summed E-state index contributed by atoms with van der Waals surface area (Å²) in [4.78, 5) is 2.36. The first-order chi connectivity index (χ1) is 13.3. The number of hydrogen-bond donors (Lipinski definition) is 0. The minimum absolute atomic E-state index is 0.0973. The topological polar surface area (TPSA) is 60.6 Å². The van der Waals surface area contributed by atoms with E-state index in [-0.39, 0.29) is 12.8 Å². The van der Waals surface area contributed by atoms with Gasteiger partial charge in [-0.1, -0.05) is 18.0 Å². The molecule has 8 heteroatoms. The Morgan fingerprint density at radius 2 is 2.07 bits per heavy atom. The van der Waals surface area contributed by atoms with E-state index in [4.69, 9.17) is 25.5 Å². The first kappa shape index (κ1) is 17.0. The molecule has 2 aliphatic heterocycles. The molecule has 3 aromatic rings. The van der Waals surface area contributed by atoms with Crippen LogP contribution in [-0.4, -0.2) is 28.4 Å². The summed E-state index contributed by atoms with van der Waals surface area (Å²) < 4.78 is 16.9. The summed E-state index contributed by atoms with van der Waals surface area (Å²) in [7, 11) is 0. The molecule has 2 aromatic heterocycles. The molecule has 140 valence electrons. The zero-order chi connectivity index (χ0) is 18.2. The Hall–Kier alpha value is -2.09. The van der Waals surface area contributed by atoms with Gasteiger partial charge in [-0.15, -0.1) is 10.2 Å². The summed E-state index contributed by atoms with van der Waals surface area (Å²) >= 11 is 8.10. The van der Waals surface area contributed by atoms with E-state index in [1.165, 1.54) is 0 Å². The number of fused-ring (bicyclic) bond motifs is 1. The van der Waals surface area contributed by atoms with Gasteiger partial charge in [0.1, 0.15) is 0 Å². The fourth-order valence-electron chi connectivity index (χ4n) is 3.63. The molecule has 1 fully saturated rings. The van der Waals surface area contributed by atoms with Gasteiger partial charge in [0.2, 0.25) is 18.6 Å². The predicted molar refractivity (Wildman–Crippen MR) is 102 cm³/mol. The van der Waals surface area contributed by atoms with Crippen LogP contribution in [0.5, 0.6) is 11.5 Å². The summed E-state index contributed by atoms with van der Waals surface area (Å²) in [5, 5.41) is 13.3. The Balaban J connectivity index is 1.40. The molecule has 0 radical (unpaired) electrons. The zero-order valence-corrected chi connectivity index (χ0v) is 16.1. The van der Waals surface area contributed by atoms with Crippen molar-refractivity contribution in [2.45, 2.75) is 31.8 Å². The number of nitrogens with zero attached hydrogens (tertiary/aromatic N) is 3. The van der Waals surface area contributed by atoms with Gasteiger partial charge in [-0.2, -0.15) is 11.3 Å². The second-order valence-electron chi connectivity index (χ2n) is 6.74. The van der Waals surface area contributed by atoms with Crippen LogP contribution in [0.2, 0.25) is 5.02 Å². The first-order valence-corrected chi connectivity index (χ1v) is 10.3. The molecular weight excluding hydrogens is 386 g/mol. The normalized spacial score (nSPS) is 19.5. The second-order valence-corrected chi connectivity index (χ2v) is 7.92. The summed E-state index contributed by atoms with van der Waals surface area (Å²) in [5.41, 5.74) is 1.99. The number of rotatable bonds is 4. The third-order valence-corrected chi connectivity index (χ3v) is 6.06. The predicted octanol–water partition coefficient (Wildman–Crippen LogP) is 4.91. The van der Waals surface area contributed by atoms with E-state index >= 15 is 0 Å². The molecule has 0 amide bonds. The lowest BCUT2D eigenvalue weighted by Gasteiger charge is -2.33. The molecule has 0 aliphatic carbocycles. The van der Waals surface area contributed by atoms with E-state index in [0.29, 0.717) is 29.1 Å². The fraction of sp³-hybridized carbons (Fsp3) is 0.368. The minimum Gasteiger partial charge on any atom is -0.454 e. The van der Waals surface area contributed by atoms with Crippen molar-refractivity contribution in [3.05, 3.63) is 45.4 Å². The van der Waals surface area contributed by atoms with E-state index in [1.807, 2.05) is 29.0 Å². The quantitative estimate of drug-likeness (QED) is 0.617. The largest absolute Gasteiger partial charge is 0.454 e. The molecule has 2 aliphatic rings. The van der Waals surface area contributed by atoms with Crippen molar-refractivity contribution in [3.8, 4) is 23.0 Å². The lowest BCUT2D eigenvalue weighted by atomic mass is 10.0. The van der Waals surface area contributed by atoms with E-state index in [1.54, 1.807) is 11.3 Å². The maximum absolute atomic E-state index is 6.48. The molecule has 0 bridgehead atoms. The standard InChI is InChI=1S/C19H18ClN3O3S/c20-14-8-17-16(24-11-25-17)7-13(14)9-23-5-2-1-3-15(23)19-22-21-18(26-19)12-4-6-27-10-12/h4,6-8,10,15H,1-3,5,9,11H2/t15-/m0/s1. The molecule has 4 heterocycles. The molecule has 1 saturated heterocycles. The van der Waals surface area contributed by atoms with E-state index < -0.39 is 0 Å². The first-order valence-electron chi connectivity index (χ1n) is 8.96. The van der Waals surface area contributed by atoms with Gasteiger partial charge in [-0.25, -0.2) is 0 Å². The van der Waals surface area contributed by atoms with Crippen LogP contribution in [0.15, 0.2) is 33.4 Å². The van der Waals surface area contributed by atoms with E-state index in [9.17, 15) is 0 Å². The van der Waals surface area contributed by atoms with Crippen LogP contribution in [0.25, 0.3) is 11.5 Å². The molecule has 0 unspecified atom stereocenters. The van der Waals surface area contributed by atoms with Gasteiger partial charge in [0.05, 0.1) is 6.04 Å². The van der Waals surface area contributed by atoms with Crippen molar-refractivity contribution >= 4 is 22.9 Å². The molecular formula is C19H18ClN3O3S. The number of likely N-dealkylation sites (tertiary alicyclic amines) is 1. The molecule has 0 N–H and O–H groups in total. The molecule has 1 atom stereocenters. The van der Waals surface area contributed by atoms with Crippen LogP contribution >= 0.6 is 22.9 Å². The number of thiophene rings is 1. The maximum Gasteiger partial charge on any atom is 0.248 e.